The number of nitrogens with one attached hydrogen (secondary N) is 1. The predicted octanol–water partition coefficient (Wildman–Crippen LogP) is 2.58. The van der Waals surface area contributed by atoms with Gasteiger partial charge in [0.15, 0.2) is 0 Å². The molecular formula is C17H19N3O. The lowest BCUT2D eigenvalue weighted by Crippen LogP contribution is -2.32. The Bertz CT molecular complexity index is 681. The number of carbonyl (C=O) groups is 1. The minimum atomic E-state index is -0.0169. The first-order chi connectivity index (χ1) is 10.1. The molecule has 1 aliphatic rings. The van der Waals surface area contributed by atoms with E-state index in [1.165, 1.54) is 5.56 Å². The quantitative estimate of drug-likeness (QED) is 0.850. The second kappa shape index (κ2) is 5.48. The van der Waals surface area contributed by atoms with Crippen LogP contribution in [0.1, 0.15) is 11.1 Å². The van der Waals surface area contributed by atoms with Crippen LogP contribution in [0.3, 0.4) is 0 Å². The Morgan fingerprint density at radius 1 is 1.29 bits per heavy atom. The lowest BCUT2D eigenvalue weighted by atomic mass is 10.1. The summed E-state index contributed by atoms with van der Waals surface area (Å²) >= 11 is 0. The second-order valence-electron chi connectivity index (χ2n) is 5.44. The van der Waals surface area contributed by atoms with E-state index in [-0.39, 0.29) is 5.91 Å². The summed E-state index contributed by atoms with van der Waals surface area (Å²) in [5.41, 5.74) is 11.0. The topological polar surface area (TPSA) is 58.4 Å². The summed E-state index contributed by atoms with van der Waals surface area (Å²) in [7, 11) is 0. The lowest BCUT2D eigenvalue weighted by molar-refractivity contribution is -0.114. The van der Waals surface area contributed by atoms with E-state index in [0.29, 0.717) is 6.54 Å². The van der Waals surface area contributed by atoms with Crippen molar-refractivity contribution in [2.24, 2.45) is 0 Å². The maximum atomic E-state index is 12.2. The van der Waals surface area contributed by atoms with Gasteiger partial charge in [-0.1, -0.05) is 24.3 Å². The van der Waals surface area contributed by atoms with Crippen LogP contribution >= 0.6 is 0 Å². The van der Waals surface area contributed by atoms with E-state index in [1.807, 2.05) is 43.3 Å². The van der Waals surface area contributed by atoms with Crippen molar-refractivity contribution >= 4 is 23.0 Å². The van der Waals surface area contributed by atoms with Crippen molar-refractivity contribution in [2.45, 2.75) is 13.3 Å². The van der Waals surface area contributed by atoms with Crippen molar-refractivity contribution < 1.29 is 4.79 Å². The van der Waals surface area contributed by atoms with E-state index in [2.05, 4.69) is 16.3 Å². The van der Waals surface area contributed by atoms with Crippen molar-refractivity contribution in [3.63, 3.8) is 0 Å². The molecule has 1 aliphatic heterocycles. The van der Waals surface area contributed by atoms with Gasteiger partial charge in [-0.05, 0) is 42.7 Å². The molecule has 4 nitrogen and oxygen atoms in total. The molecule has 0 fully saturated rings. The highest BCUT2D eigenvalue weighted by Crippen LogP contribution is 2.33. The standard InChI is InChI=1S/C17H19N3O/c1-12-4-2-6-14(10-12)19-16(21)11-20-9-8-13-5-3-7-15(18)17(13)20/h2-7,10H,8-9,11,18H2,1H3,(H,19,21). The lowest BCUT2D eigenvalue weighted by Gasteiger charge is -2.20. The number of para-hydroxylation sites is 1. The number of nitrogens with two attached hydrogens (primary N) is 1. The van der Waals surface area contributed by atoms with Crippen LogP contribution < -0.4 is 16.0 Å². The number of amides is 1. The summed E-state index contributed by atoms with van der Waals surface area (Å²) in [4.78, 5) is 14.3. The molecule has 4 heteroatoms. The molecule has 0 saturated carbocycles. The highest BCUT2D eigenvalue weighted by Gasteiger charge is 2.23. The predicted molar refractivity (Wildman–Crippen MR) is 86.6 cm³/mol. The van der Waals surface area contributed by atoms with Crippen LogP contribution in [0.15, 0.2) is 42.5 Å². The van der Waals surface area contributed by atoms with Crippen LogP contribution in [0, 0.1) is 6.92 Å². The molecule has 0 aromatic heterocycles. The number of nitrogens with zero attached hydrogens (tertiary/aromatic N) is 1. The number of hydrogen-bond donors (Lipinski definition) is 2. The summed E-state index contributed by atoms with van der Waals surface area (Å²) in [6.07, 6.45) is 0.943. The second-order valence-corrected chi connectivity index (χ2v) is 5.44. The first-order valence-corrected chi connectivity index (χ1v) is 7.12. The maximum Gasteiger partial charge on any atom is 0.243 e. The van der Waals surface area contributed by atoms with Gasteiger partial charge in [-0.2, -0.15) is 0 Å². The van der Waals surface area contributed by atoms with E-state index in [4.69, 9.17) is 5.73 Å². The number of benzene rings is 2. The third-order valence-corrected chi connectivity index (χ3v) is 3.75. The largest absolute Gasteiger partial charge is 0.397 e. The molecule has 21 heavy (non-hydrogen) atoms. The van der Waals surface area contributed by atoms with Gasteiger partial charge in [-0.15, -0.1) is 0 Å². The smallest absolute Gasteiger partial charge is 0.243 e. The third kappa shape index (κ3) is 2.84. The molecule has 1 heterocycles. The average molecular weight is 281 g/mol. The highest BCUT2D eigenvalue weighted by molar-refractivity contribution is 5.95. The molecular weight excluding hydrogens is 262 g/mol. The van der Waals surface area contributed by atoms with Crippen molar-refractivity contribution in [2.75, 3.05) is 29.0 Å². The van der Waals surface area contributed by atoms with Crippen molar-refractivity contribution in [1.29, 1.82) is 0 Å². The summed E-state index contributed by atoms with van der Waals surface area (Å²) < 4.78 is 0. The number of hydrogen-bond acceptors (Lipinski definition) is 3. The minimum Gasteiger partial charge on any atom is -0.397 e. The normalized spacial score (nSPS) is 13.1. The Kier molecular flexibility index (Phi) is 3.52. The number of nitrogen functional groups attached to an aromatic ring is 1. The van der Waals surface area contributed by atoms with Crippen LogP contribution in [-0.2, 0) is 11.2 Å². The zero-order valence-electron chi connectivity index (χ0n) is 12.1. The van der Waals surface area contributed by atoms with E-state index < -0.39 is 0 Å². The molecule has 0 saturated heterocycles. The minimum absolute atomic E-state index is 0.0169. The fraction of sp³-hybridized carbons (Fsp3) is 0.235. The van der Waals surface area contributed by atoms with Gasteiger partial charge in [-0.25, -0.2) is 0 Å². The molecule has 0 unspecified atom stereocenters. The SMILES string of the molecule is Cc1cccc(NC(=O)CN2CCc3cccc(N)c32)c1. The molecule has 0 radical (unpaired) electrons. The molecule has 2 aromatic rings. The summed E-state index contributed by atoms with van der Waals surface area (Å²) in [5.74, 6) is -0.0169. The number of aryl methyl sites for hydroxylation is 1. The van der Waals surface area contributed by atoms with Gasteiger partial charge < -0.3 is 16.0 Å². The van der Waals surface area contributed by atoms with E-state index in [1.54, 1.807) is 0 Å². The highest BCUT2D eigenvalue weighted by atomic mass is 16.2. The monoisotopic (exact) mass is 281 g/mol. The maximum absolute atomic E-state index is 12.2. The summed E-state index contributed by atoms with van der Waals surface area (Å²) in [6, 6.07) is 13.7. The number of fused-ring (bicyclic) bond motifs is 1. The molecule has 0 spiro atoms. The van der Waals surface area contributed by atoms with E-state index in [9.17, 15) is 4.79 Å². The molecule has 108 valence electrons. The average Bonchev–Trinajstić information content (AvgIpc) is 2.83. The molecule has 1 amide bonds. The van der Waals surface area contributed by atoms with E-state index in [0.717, 1.165) is 35.6 Å². The van der Waals surface area contributed by atoms with Crippen molar-refractivity contribution in [1.82, 2.24) is 0 Å². The number of rotatable bonds is 3. The Labute approximate surface area is 124 Å². The first-order valence-electron chi connectivity index (χ1n) is 7.12. The van der Waals surface area contributed by atoms with Crippen LogP contribution in [0.4, 0.5) is 17.1 Å². The zero-order valence-corrected chi connectivity index (χ0v) is 12.1. The van der Waals surface area contributed by atoms with Gasteiger partial charge in [0.05, 0.1) is 17.9 Å². The Hall–Kier alpha value is -2.49. The van der Waals surface area contributed by atoms with Gasteiger partial charge >= 0.3 is 0 Å². The summed E-state index contributed by atoms with van der Waals surface area (Å²) in [6.45, 7) is 3.17. The molecule has 3 rings (SSSR count). The van der Waals surface area contributed by atoms with Crippen molar-refractivity contribution in [3.05, 3.63) is 53.6 Å². The molecule has 3 N–H and O–H groups in total. The van der Waals surface area contributed by atoms with Gasteiger partial charge in [0.1, 0.15) is 0 Å². The van der Waals surface area contributed by atoms with Crippen LogP contribution in [-0.4, -0.2) is 19.0 Å². The molecule has 0 atom stereocenters. The zero-order chi connectivity index (χ0) is 14.8. The van der Waals surface area contributed by atoms with E-state index >= 15 is 0 Å². The van der Waals surface area contributed by atoms with Gasteiger partial charge in [-0.3, -0.25) is 4.79 Å². The third-order valence-electron chi connectivity index (χ3n) is 3.75. The first kappa shape index (κ1) is 13.5. The molecule has 0 aliphatic carbocycles. The summed E-state index contributed by atoms with van der Waals surface area (Å²) in [5, 5.41) is 2.94. The van der Waals surface area contributed by atoms with Gasteiger partial charge in [0.2, 0.25) is 5.91 Å². The molecule has 0 bridgehead atoms. The van der Waals surface area contributed by atoms with Gasteiger partial charge in [0, 0.05) is 12.2 Å². The fourth-order valence-corrected chi connectivity index (χ4v) is 2.82. The van der Waals surface area contributed by atoms with Gasteiger partial charge in [0.25, 0.3) is 0 Å². The van der Waals surface area contributed by atoms with Crippen LogP contribution in [0.5, 0.6) is 0 Å². The van der Waals surface area contributed by atoms with Crippen molar-refractivity contribution in [3.8, 4) is 0 Å². The van der Waals surface area contributed by atoms with Crippen LogP contribution in [0.2, 0.25) is 0 Å². The number of carbonyl (C=O) groups excluding carboxylic acids is 1. The Balaban J connectivity index is 1.70. The fourth-order valence-electron chi connectivity index (χ4n) is 2.82. The molecule has 2 aromatic carbocycles. The number of anilines is 3. The Morgan fingerprint density at radius 2 is 2.10 bits per heavy atom. The van der Waals surface area contributed by atoms with Crippen LogP contribution in [0.25, 0.3) is 0 Å². The Morgan fingerprint density at radius 3 is 2.90 bits per heavy atom.